The van der Waals surface area contributed by atoms with Gasteiger partial charge in [-0.05, 0) is 69.2 Å². The van der Waals surface area contributed by atoms with Gasteiger partial charge in [0.1, 0.15) is 0 Å². The van der Waals surface area contributed by atoms with E-state index in [-0.39, 0.29) is 11.5 Å². The molecule has 0 aliphatic carbocycles. The number of thiazole rings is 1. The van der Waals surface area contributed by atoms with E-state index in [2.05, 4.69) is 0 Å². The summed E-state index contributed by atoms with van der Waals surface area (Å²) in [6.45, 7) is 9.22. The van der Waals surface area contributed by atoms with Crippen LogP contribution in [0.2, 0.25) is 5.02 Å². The van der Waals surface area contributed by atoms with Crippen LogP contribution in [-0.4, -0.2) is 42.2 Å². The summed E-state index contributed by atoms with van der Waals surface area (Å²) in [5, 5.41) is 0.582. The van der Waals surface area contributed by atoms with E-state index in [1.807, 2.05) is 64.1 Å². The van der Waals surface area contributed by atoms with E-state index in [0.717, 1.165) is 11.1 Å². The first-order valence-corrected chi connectivity index (χ1v) is 13.4. The first kappa shape index (κ1) is 26.7. The predicted molar refractivity (Wildman–Crippen MR) is 147 cm³/mol. The summed E-state index contributed by atoms with van der Waals surface area (Å²) in [4.78, 5) is 34.5. The van der Waals surface area contributed by atoms with Gasteiger partial charge in [-0.2, -0.15) is 0 Å². The Labute approximate surface area is 224 Å². The van der Waals surface area contributed by atoms with Crippen molar-refractivity contribution < 1.29 is 14.3 Å². The molecular weight excluding hydrogens is 510 g/mol. The molecule has 1 aliphatic heterocycles. The summed E-state index contributed by atoms with van der Waals surface area (Å²) in [6.07, 6.45) is 1.82. The number of hydrogen-bond donors (Lipinski definition) is 0. The smallest absolute Gasteiger partial charge is 0.271 e. The Morgan fingerprint density at radius 1 is 1.14 bits per heavy atom. The molecule has 0 saturated heterocycles. The molecule has 4 rings (SSSR count). The number of nitrogens with zero attached hydrogens (tertiary/aromatic N) is 3. The number of benzene rings is 2. The van der Waals surface area contributed by atoms with Crippen LogP contribution in [0.15, 0.2) is 63.5 Å². The molecule has 1 unspecified atom stereocenters. The fraction of sp³-hybridized carbons (Fsp3) is 0.321. The molecule has 0 bridgehead atoms. The summed E-state index contributed by atoms with van der Waals surface area (Å²) >= 11 is 7.46. The van der Waals surface area contributed by atoms with Crippen LogP contribution in [0.1, 0.15) is 44.9 Å². The van der Waals surface area contributed by atoms with Crippen LogP contribution in [0.5, 0.6) is 11.5 Å². The summed E-state index contributed by atoms with van der Waals surface area (Å²) in [5.74, 6) is 1.10. The Bertz CT molecular complexity index is 1520. The molecule has 2 heterocycles. The van der Waals surface area contributed by atoms with Crippen LogP contribution in [-0.2, 0) is 4.79 Å². The number of methoxy groups -OCH3 is 1. The Morgan fingerprint density at radius 3 is 2.46 bits per heavy atom. The van der Waals surface area contributed by atoms with Gasteiger partial charge in [0.25, 0.3) is 11.5 Å². The quantitative estimate of drug-likeness (QED) is 0.431. The fourth-order valence-electron chi connectivity index (χ4n) is 4.44. The molecule has 3 aromatic rings. The number of carbonyl (C=O) groups is 1. The van der Waals surface area contributed by atoms with Crippen molar-refractivity contribution in [2.45, 2.75) is 33.7 Å². The van der Waals surface area contributed by atoms with E-state index in [4.69, 9.17) is 26.1 Å². The van der Waals surface area contributed by atoms with Gasteiger partial charge in [-0.25, -0.2) is 4.99 Å². The second kappa shape index (κ2) is 11.4. The Kier molecular flexibility index (Phi) is 8.19. The number of ether oxygens (including phenoxy) is 2. The van der Waals surface area contributed by atoms with Crippen molar-refractivity contribution in [1.29, 1.82) is 0 Å². The molecule has 1 aromatic heterocycles. The maximum atomic E-state index is 13.8. The number of carbonyl (C=O) groups excluding carboxylic acids is 1. The van der Waals surface area contributed by atoms with E-state index >= 15 is 0 Å². The van der Waals surface area contributed by atoms with Gasteiger partial charge in [0.2, 0.25) is 0 Å². The highest BCUT2D eigenvalue weighted by atomic mass is 35.5. The van der Waals surface area contributed by atoms with Gasteiger partial charge >= 0.3 is 0 Å². The Balaban J connectivity index is 1.92. The number of amides is 1. The number of rotatable bonds is 8. The molecule has 0 fully saturated rings. The van der Waals surface area contributed by atoms with Crippen molar-refractivity contribution in [3.05, 3.63) is 89.6 Å². The lowest BCUT2D eigenvalue weighted by molar-refractivity contribution is -0.127. The summed E-state index contributed by atoms with van der Waals surface area (Å²) in [6, 6.07) is 12.2. The summed E-state index contributed by atoms with van der Waals surface area (Å²) in [7, 11) is 1.59. The number of allylic oxidation sites excluding steroid dienone is 1. The highest BCUT2D eigenvalue weighted by Crippen LogP contribution is 2.32. The molecule has 0 N–H and O–H groups in total. The van der Waals surface area contributed by atoms with Gasteiger partial charge in [0.05, 0.1) is 35.6 Å². The molecule has 2 aromatic carbocycles. The molecule has 7 nitrogen and oxygen atoms in total. The van der Waals surface area contributed by atoms with Crippen molar-refractivity contribution in [3.63, 3.8) is 0 Å². The number of halogens is 1. The number of aromatic nitrogens is 1. The van der Waals surface area contributed by atoms with Gasteiger partial charge in [-0.1, -0.05) is 41.1 Å². The molecule has 0 spiro atoms. The zero-order valence-corrected chi connectivity index (χ0v) is 23.2. The van der Waals surface area contributed by atoms with Crippen LogP contribution in [0.3, 0.4) is 0 Å². The third kappa shape index (κ3) is 5.22. The third-order valence-electron chi connectivity index (χ3n) is 6.27. The standard InChI is InChI=1S/C28H30ClN3O4S/c1-6-31(7-2)27(34)24-17(4)30-28-32(25(24)19-10-12-20(29)13-11-19)26(33)23(37-28)16-18-9-14-21(35-5)22(15-18)36-8-3/h9-16,25H,6-8H2,1-5H3. The average Bonchev–Trinajstić information content (AvgIpc) is 3.19. The van der Waals surface area contributed by atoms with Crippen molar-refractivity contribution in [1.82, 2.24) is 9.47 Å². The van der Waals surface area contributed by atoms with Gasteiger partial charge in [0.15, 0.2) is 16.3 Å². The minimum absolute atomic E-state index is 0.128. The van der Waals surface area contributed by atoms with Gasteiger partial charge in [-0.3, -0.25) is 14.2 Å². The third-order valence-corrected chi connectivity index (χ3v) is 7.51. The van der Waals surface area contributed by atoms with Gasteiger partial charge < -0.3 is 14.4 Å². The zero-order valence-electron chi connectivity index (χ0n) is 21.6. The van der Waals surface area contributed by atoms with Crippen molar-refractivity contribution in [3.8, 4) is 11.5 Å². The van der Waals surface area contributed by atoms with Crippen LogP contribution >= 0.6 is 22.9 Å². The molecule has 1 amide bonds. The van der Waals surface area contributed by atoms with E-state index in [0.29, 0.717) is 56.8 Å². The molecular formula is C28H30ClN3O4S. The first-order valence-electron chi connectivity index (χ1n) is 12.2. The van der Waals surface area contributed by atoms with Crippen molar-refractivity contribution in [2.24, 2.45) is 4.99 Å². The highest BCUT2D eigenvalue weighted by Gasteiger charge is 2.34. The molecule has 194 valence electrons. The normalized spacial score (nSPS) is 15.3. The maximum absolute atomic E-state index is 13.8. The SMILES string of the molecule is CCOc1cc(C=c2sc3n(c2=O)C(c2ccc(Cl)cc2)C(C(=O)N(CC)CC)=C(C)N=3)ccc1OC. The number of fused-ring (bicyclic) bond motifs is 1. The maximum Gasteiger partial charge on any atom is 0.271 e. The van der Waals surface area contributed by atoms with Crippen LogP contribution in [0, 0.1) is 0 Å². The number of hydrogen-bond acceptors (Lipinski definition) is 6. The molecule has 37 heavy (non-hydrogen) atoms. The van der Waals surface area contributed by atoms with Crippen molar-refractivity contribution >= 4 is 34.9 Å². The summed E-state index contributed by atoms with van der Waals surface area (Å²) < 4.78 is 13.2. The average molecular weight is 540 g/mol. The van der Waals surface area contributed by atoms with Crippen LogP contribution < -0.4 is 24.4 Å². The molecule has 9 heteroatoms. The highest BCUT2D eigenvalue weighted by molar-refractivity contribution is 7.07. The Morgan fingerprint density at radius 2 is 1.84 bits per heavy atom. The fourth-order valence-corrected chi connectivity index (χ4v) is 5.61. The first-order chi connectivity index (χ1) is 17.8. The van der Waals surface area contributed by atoms with E-state index < -0.39 is 6.04 Å². The van der Waals surface area contributed by atoms with Crippen LogP contribution in [0.25, 0.3) is 6.08 Å². The number of likely N-dealkylation sites (N-methyl/N-ethyl adjacent to an activating group) is 1. The van der Waals surface area contributed by atoms with Gasteiger partial charge in [0, 0.05) is 18.1 Å². The minimum Gasteiger partial charge on any atom is -0.493 e. The molecule has 0 radical (unpaired) electrons. The second-order valence-electron chi connectivity index (χ2n) is 8.45. The molecule has 0 saturated carbocycles. The monoisotopic (exact) mass is 539 g/mol. The lowest BCUT2D eigenvalue weighted by Crippen LogP contribution is -2.43. The largest absolute Gasteiger partial charge is 0.493 e. The second-order valence-corrected chi connectivity index (χ2v) is 9.90. The lowest BCUT2D eigenvalue weighted by Gasteiger charge is -2.29. The zero-order chi connectivity index (χ0) is 26.7. The predicted octanol–water partition coefficient (Wildman–Crippen LogP) is 4.16. The van der Waals surface area contributed by atoms with Crippen LogP contribution in [0.4, 0.5) is 0 Å². The molecule has 1 atom stereocenters. The molecule has 1 aliphatic rings. The summed E-state index contributed by atoms with van der Waals surface area (Å²) in [5.41, 5.74) is 2.48. The van der Waals surface area contributed by atoms with Gasteiger partial charge in [-0.15, -0.1) is 0 Å². The van der Waals surface area contributed by atoms with E-state index in [9.17, 15) is 9.59 Å². The minimum atomic E-state index is -0.612. The lowest BCUT2D eigenvalue weighted by atomic mass is 9.94. The topological polar surface area (TPSA) is 73.1 Å². The van der Waals surface area contributed by atoms with E-state index in [1.54, 1.807) is 28.7 Å². The van der Waals surface area contributed by atoms with E-state index in [1.165, 1.54) is 11.3 Å². The Hall–Kier alpha value is -3.36. The van der Waals surface area contributed by atoms with Crippen molar-refractivity contribution in [2.75, 3.05) is 26.8 Å².